The van der Waals surface area contributed by atoms with Crippen molar-refractivity contribution in [2.24, 2.45) is 0 Å². The van der Waals surface area contributed by atoms with Crippen LogP contribution in [0.25, 0.3) is 0 Å². The van der Waals surface area contributed by atoms with Gasteiger partial charge in [0.15, 0.2) is 6.61 Å². The van der Waals surface area contributed by atoms with E-state index in [1.807, 2.05) is 13.8 Å². The first-order valence-electron chi connectivity index (χ1n) is 9.52. The zero-order chi connectivity index (χ0) is 21.4. The van der Waals surface area contributed by atoms with Crippen LogP contribution in [0.1, 0.15) is 32.8 Å². The molecule has 5 nitrogen and oxygen atoms in total. The number of amides is 2. The molecule has 2 rings (SSSR count). The molecule has 0 bridgehead atoms. The van der Waals surface area contributed by atoms with Gasteiger partial charge in [0.2, 0.25) is 5.91 Å². The number of carbonyl (C=O) groups excluding carboxylic acids is 2. The fourth-order valence-corrected chi connectivity index (χ4v) is 2.72. The molecular formula is C22H26ClFN2O3. The minimum atomic E-state index is -0.713. The molecule has 7 heteroatoms. The topological polar surface area (TPSA) is 58.6 Å². The third-order valence-corrected chi connectivity index (χ3v) is 4.86. The second kappa shape index (κ2) is 10.8. The van der Waals surface area contributed by atoms with Crippen LogP contribution in [0.3, 0.4) is 0 Å². The Bertz CT molecular complexity index is 812. The van der Waals surface area contributed by atoms with E-state index in [2.05, 4.69) is 5.32 Å². The van der Waals surface area contributed by atoms with Gasteiger partial charge in [-0.2, -0.15) is 0 Å². The van der Waals surface area contributed by atoms with Crippen LogP contribution >= 0.6 is 11.6 Å². The van der Waals surface area contributed by atoms with Gasteiger partial charge in [-0.1, -0.05) is 30.7 Å². The highest BCUT2D eigenvalue weighted by Crippen LogP contribution is 2.16. The number of nitrogens with one attached hydrogen (secondary N) is 1. The molecule has 0 aliphatic rings. The summed E-state index contributed by atoms with van der Waals surface area (Å²) in [7, 11) is 0. The second-order valence-electron chi connectivity index (χ2n) is 6.88. The smallest absolute Gasteiger partial charge is 0.261 e. The third kappa shape index (κ3) is 7.06. The van der Waals surface area contributed by atoms with Gasteiger partial charge < -0.3 is 15.0 Å². The number of carbonyl (C=O) groups is 2. The first kappa shape index (κ1) is 22.7. The molecule has 0 fully saturated rings. The minimum absolute atomic E-state index is 0.00181. The number of benzene rings is 2. The molecule has 0 spiro atoms. The second-order valence-corrected chi connectivity index (χ2v) is 7.32. The monoisotopic (exact) mass is 420 g/mol. The molecule has 2 aromatic carbocycles. The Hall–Kier alpha value is -2.60. The van der Waals surface area contributed by atoms with Gasteiger partial charge in [0.1, 0.15) is 17.6 Å². The van der Waals surface area contributed by atoms with Crippen molar-refractivity contribution in [1.29, 1.82) is 0 Å². The van der Waals surface area contributed by atoms with Gasteiger partial charge in [0.05, 0.1) is 0 Å². The van der Waals surface area contributed by atoms with E-state index in [9.17, 15) is 14.0 Å². The highest BCUT2D eigenvalue weighted by Gasteiger charge is 2.27. The van der Waals surface area contributed by atoms with E-state index in [4.69, 9.17) is 16.3 Å². The maximum absolute atomic E-state index is 13.2. The number of rotatable bonds is 9. The van der Waals surface area contributed by atoms with Crippen molar-refractivity contribution in [3.63, 3.8) is 0 Å². The number of hydrogen-bond acceptors (Lipinski definition) is 3. The summed E-state index contributed by atoms with van der Waals surface area (Å²) in [5, 5.41) is 3.46. The molecule has 2 amide bonds. The normalized spacial score (nSPS) is 12.7. The first-order chi connectivity index (χ1) is 13.8. The maximum atomic E-state index is 13.2. The summed E-state index contributed by atoms with van der Waals surface area (Å²) in [4.78, 5) is 26.9. The summed E-state index contributed by atoms with van der Waals surface area (Å²) in [6.07, 6.45) is 0.782. The fraction of sp³-hybridized carbons (Fsp3) is 0.364. The van der Waals surface area contributed by atoms with Crippen molar-refractivity contribution in [2.45, 2.75) is 45.8 Å². The third-order valence-electron chi connectivity index (χ3n) is 4.61. The van der Waals surface area contributed by atoms with Crippen LogP contribution < -0.4 is 10.1 Å². The largest absolute Gasteiger partial charge is 0.484 e. The van der Waals surface area contributed by atoms with Gasteiger partial charge in [-0.3, -0.25) is 9.59 Å². The van der Waals surface area contributed by atoms with E-state index in [1.54, 1.807) is 43.3 Å². The molecular weight excluding hydrogens is 395 g/mol. The maximum Gasteiger partial charge on any atom is 0.261 e. The molecule has 1 N–H and O–H groups in total. The van der Waals surface area contributed by atoms with E-state index >= 15 is 0 Å². The molecule has 0 radical (unpaired) electrons. The molecule has 0 aromatic heterocycles. The van der Waals surface area contributed by atoms with Crippen molar-refractivity contribution < 1.29 is 18.7 Å². The average molecular weight is 421 g/mol. The molecule has 2 atom stereocenters. The number of halogens is 2. The quantitative estimate of drug-likeness (QED) is 0.661. The molecule has 0 unspecified atom stereocenters. The standard InChI is InChI=1S/C22H26ClFN2O3/c1-4-15(2)25-22(28)16(3)26(13-17-5-9-19(24)10-6-17)21(27)14-29-20-11-7-18(23)8-12-20/h5-12,15-16H,4,13-14H2,1-3H3,(H,25,28)/t15-,16-/m1/s1. The predicted octanol–water partition coefficient (Wildman–Crippen LogP) is 4.19. The summed E-state index contributed by atoms with van der Waals surface area (Å²) >= 11 is 5.85. The van der Waals surface area contributed by atoms with Crippen LogP contribution in [0.15, 0.2) is 48.5 Å². The summed E-state index contributed by atoms with van der Waals surface area (Å²) in [6, 6.07) is 11.8. The van der Waals surface area contributed by atoms with Crippen LogP contribution in [0.4, 0.5) is 4.39 Å². The fourth-order valence-electron chi connectivity index (χ4n) is 2.59. The highest BCUT2D eigenvalue weighted by atomic mass is 35.5. The minimum Gasteiger partial charge on any atom is -0.484 e. The van der Waals surface area contributed by atoms with Gasteiger partial charge in [0.25, 0.3) is 5.91 Å². The molecule has 0 aliphatic carbocycles. The summed E-state index contributed by atoms with van der Waals surface area (Å²) in [5.41, 5.74) is 0.717. The van der Waals surface area contributed by atoms with Crippen LogP contribution in [-0.4, -0.2) is 35.4 Å². The lowest BCUT2D eigenvalue weighted by Crippen LogP contribution is -2.50. The molecule has 29 heavy (non-hydrogen) atoms. The van der Waals surface area contributed by atoms with Crippen molar-refractivity contribution in [3.05, 3.63) is 64.9 Å². The van der Waals surface area contributed by atoms with E-state index in [1.165, 1.54) is 17.0 Å². The molecule has 156 valence electrons. The SMILES string of the molecule is CC[C@@H](C)NC(=O)[C@@H](C)N(Cc1ccc(F)cc1)C(=O)COc1ccc(Cl)cc1. The number of ether oxygens (including phenoxy) is 1. The Kier molecular flexibility index (Phi) is 8.46. The van der Waals surface area contributed by atoms with Gasteiger partial charge in [0, 0.05) is 17.6 Å². The molecule has 0 saturated carbocycles. The molecule has 0 heterocycles. The zero-order valence-electron chi connectivity index (χ0n) is 16.8. The Morgan fingerprint density at radius 2 is 1.72 bits per heavy atom. The Labute approximate surface area is 175 Å². The van der Waals surface area contributed by atoms with Gasteiger partial charge in [-0.25, -0.2) is 4.39 Å². The predicted molar refractivity (Wildman–Crippen MR) is 111 cm³/mol. The van der Waals surface area contributed by atoms with Crippen molar-refractivity contribution in [3.8, 4) is 5.75 Å². The van der Waals surface area contributed by atoms with Gasteiger partial charge >= 0.3 is 0 Å². The molecule has 0 saturated heterocycles. The summed E-state index contributed by atoms with van der Waals surface area (Å²) < 4.78 is 18.8. The van der Waals surface area contributed by atoms with Crippen LogP contribution in [0, 0.1) is 5.82 Å². The summed E-state index contributed by atoms with van der Waals surface area (Å²) in [6.45, 7) is 5.47. The van der Waals surface area contributed by atoms with Gasteiger partial charge in [-0.15, -0.1) is 0 Å². The highest BCUT2D eigenvalue weighted by molar-refractivity contribution is 6.30. The lowest BCUT2D eigenvalue weighted by molar-refractivity contribution is -0.142. The van der Waals surface area contributed by atoms with Crippen molar-refractivity contribution in [1.82, 2.24) is 10.2 Å². The Morgan fingerprint density at radius 3 is 2.31 bits per heavy atom. The molecule has 0 aliphatic heterocycles. The lowest BCUT2D eigenvalue weighted by atomic mass is 10.1. The van der Waals surface area contributed by atoms with Crippen molar-refractivity contribution in [2.75, 3.05) is 6.61 Å². The van der Waals surface area contributed by atoms with E-state index < -0.39 is 6.04 Å². The lowest BCUT2D eigenvalue weighted by Gasteiger charge is -2.29. The zero-order valence-corrected chi connectivity index (χ0v) is 17.6. The Balaban J connectivity index is 2.13. The Morgan fingerprint density at radius 1 is 1.10 bits per heavy atom. The van der Waals surface area contributed by atoms with Crippen LogP contribution in [0.2, 0.25) is 5.02 Å². The van der Waals surface area contributed by atoms with Crippen LogP contribution in [0.5, 0.6) is 5.75 Å². The average Bonchev–Trinajstić information content (AvgIpc) is 2.72. The molecule has 2 aromatic rings. The van der Waals surface area contributed by atoms with E-state index in [-0.39, 0.29) is 36.8 Å². The number of hydrogen-bond donors (Lipinski definition) is 1. The van der Waals surface area contributed by atoms with E-state index in [0.29, 0.717) is 10.8 Å². The number of nitrogens with zero attached hydrogens (tertiary/aromatic N) is 1. The van der Waals surface area contributed by atoms with Gasteiger partial charge in [-0.05, 0) is 62.2 Å². The van der Waals surface area contributed by atoms with E-state index in [0.717, 1.165) is 12.0 Å². The van der Waals surface area contributed by atoms with Crippen molar-refractivity contribution >= 4 is 23.4 Å². The summed E-state index contributed by atoms with van der Waals surface area (Å²) in [5.74, 6) is -0.459. The first-order valence-corrected chi connectivity index (χ1v) is 9.90. The van der Waals surface area contributed by atoms with Crippen LogP contribution in [-0.2, 0) is 16.1 Å².